The van der Waals surface area contributed by atoms with E-state index < -0.39 is 30.3 Å². The summed E-state index contributed by atoms with van der Waals surface area (Å²) < 4.78 is 71.5. The van der Waals surface area contributed by atoms with E-state index in [4.69, 9.17) is 4.74 Å². The summed E-state index contributed by atoms with van der Waals surface area (Å²) in [4.78, 5) is 15.2. The molecule has 0 aliphatic carbocycles. The average molecular weight is 362 g/mol. The van der Waals surface area contributed by atoms with Crippen LogP contribution in [0.4, 0.5) is 27.6 Å². The van der Waals surface area contributed by atoms with Crippen LogP contribution in [0.25, 0.3) is 10.9 Å². The van der Waals surface area contributed by atoms with Gasteiger partial charge in [-0.15, -0.1) is 0 Å². The first-order valence-electron chi connectivity index (χ1n) is 7.67. The van der Waals surface area contributed by atoms with E-state index in [9.17, 15) is 26.7 Å². The molecule has 0 fully saturated rings. The van der Waals surface area contributed by atoms with Crippen LogP contribution in [-0.4, -0.2) is 30.6 Å². The number of H-pyrrole nitrogens is 1. The molecular weight excluding hydrogens is 347 g/mol. The summed E-state index contributed by atoms with van der Waals surface area (Å²) in [6.45, 7) is 1.17. The topological polar surface area (TPSA) is 45.3 Å². The van der Waals surface area contributed by atoms with Gasteiger partial charge in [-0.05, 0) is 18.6 Å². The third-order valence-corrected chi connectivity index (χ3v) is 4.22. The van der Waals surface area contributed by atoms with E-state index in [0.29, 0.717) is 12.5 Å². The van der Waals surface area contributed by atoms with Gasteiger partial charge in [-0.25, -0.2) is 8.78 Å². The number of nitrogens with one attached hydrogen (secondary N) is 1. The zero-order chi connectivity index (χ0) is 18.4. The molecule has 0 amide bonds. The fraction of sp³-hybridized carbons (Fsp3) is 0.438. The van der Waals surface area contributed by atoms with Crippen molar-refractivity contribution in [2.45, 2.75) is 32.0 Å². The molecule has 1 aromatic heterocycles. The van der Waals surface area contributed by atoms with E-state index in [1.54, 1.807) is 6.92 Å². The molecule has 3 rings (SSSR count). The summed E-state index contributed by atoms with van der Waals surface area (Å²) in [5.74, 6) is -0.133. The number of benzene rings is 1. The van der Waals surface area contributed by atoms with Gasteiger partial charge in [0.1, 0.15) is 6.61 Å². The highest BCUT2D eigenvalue weighted by atomic mass is 19.4. The molecule has 0 spiro atoms. The van der Waals surface area contributed by atoms with Crippen LogP contribution in [0.2, 0.25) is 0 Å². The van der Waals surface area contributed by atoms with Crippen molar-refractivity contribution in [2.24, 2.45) is 0 Å². The van der Waals surface area contributed by atoms with Crippen LogP contribution in [0.15, 0.2) is 23.0 Å². The Morgan fingerprint density at radius 3 is 2.68 bits per heavy atom. The SMILES string of the molecule is CCC1COc2c(ccc3[nH]c(=O)cc(C(F)(F)F)c23)N1CC(F)F. The maximum atomic E-state index is 13.4. The molecule has 2 aromatic rings. The van der Waals surface area contributed by atoms with Crippen LogP contribution in [0, 0.1) is 0 Å². The van der Waals surface area contributed by atoms with E-state index in [1.807, 2.05) is 0 Å². The van der Waals surface area contributed by atoms with Gasteiger partial charge in [0.25, 0.3) is 6.43 Å². The molecule has 0 saturated carbocycles. The second-order valence-corrected chi connectivity index (χ2v) is 5.80. The summed E-state index contributed by atoms with van der Waals surface area (Å²) in [5, 5.41) is -0.321. The second kappa shape index (κ2) is 6.20. The van der Waals surface area contributed by atoms with Gasteiger partial charge in [0.15, 0.2) is 5.75 Å². The van der Waals surface area contributed by atoms with E-state index in [-0.39, 0.29) is 35.0 Å². The van der Waals surface area contributed by atoms with Crippen molar-refractivity contribution in [3.05, 3.63) is 34.1 Å². The number of aromatic nitrogens is 1. The molecule has 2 heterocycles. The normalized spacial score (nSPS) is 17.7. The van der Waals surface area contributed by atoms with Gasteiger partial charge in [0.05, 0.1) is 34.7 Å². The highest BCUT2D eigenvalue weighted by molar-refractivity contribution is 5.94. The van der Waals surface area contributed by atoms with Crippen LogP contribution >= 0.6 is 0 Å². The number of aromatic amines is 1. The summed E-state index contributed by atoms with van der Waals surface area (Å²) in [5.41, 5.74) is -1.92. The van der Waals surface area contributed by atoms with Crippen molar-refractivity contribution < 1.29 is 26.7 Å². The van der Waals surface area contributed by atoms with Crippen molar-refractivity contribution in [2.75, 3.05) is 18.1 Å². The molecule has 1 unspecified atom stereocenters. The summed E-state index contributed by atoms with van der Waals surface area (Å²) in [6, 6.07) is 2.77. The Morgan fingerprint density at radius 2 is 2.08 bits per heavy atom. The number of alkyl halides is 5. The highest BCUT2D eigenvalue weighted by Crippen LogP contribution is 2.45. The Kier molecular flexibility index (Phi) is 4.34. The Bertz CT molecular complexity index is 847. The van der Waals surface area contributed by atoms with E-state index in [1.165, 1.54) is 17.0 Å². The van der Waals surface area contributed by atoms with Crippen molar-refractivity contribution in [3.63, 3.8) is 0 Å². The quantitative estimate of drug-likeness (QED) is 0.845. The van der Waals surface area contributed by atoms with Crippen molar-refractivity contribution in [1.29, 1.82) is 0 Å². The molecule has 25 heavy (non-hydrogen) atoms. The van der Waals surface area contributed by atoms with Gasteiger partial charge in [-0.1, -0.05) is 6.92 Å². The van der Waals surface area contributed by atoms with Crippen LogP contribution in [0.3, 0.4) is 0 Å². The van der Waals surface area contributed by atoms with Crippen molar-refractivity contribution in [3.8, 4) is 5.75 Å². The predicted molar refractivity (Wildman–Crippen MR) is 82.5 cm³/mol. The largest absolute Gasteiger partial charge is 0.489 e. The minimum Gasteiger partial charge on any atom is -0.489 e. The fourth-order valence-corrected chi connectivity index (χ4v) is 3.11. The Balaban J connectivity index is 2.28. The van der Waals surface area contributed by atoms with E-state index >= 15 is 0 Å². The maximum absolute atomic E-state index is 13.4. The van der Waals surface area contributed by atoms with E-state index in [0.717, 1.165) is 0 Å². The zero-order valence-electron chi connectivity index (χ0n) is 13.2. The summed E-state index contributed by atoms with van der Waals surface area (Å²) >= 11 is 0. The zero-order valence-corrected chi connectivity index (χ0v) is 13.2. The monoisotopic (exact) mass is 362 g/mol. The second-order valence-electron chi connectivity index (χ2n) is 5.80. The van der Waals surface area contributed by atoms with Crippen LogP contribution in [-0.2, 0) is 6.18 Å². The van der Waals surface area contributed by atoms with Crippen molar-refractivity contribution >= 4 is 16.6 Å². The Morgan fingerprint density at radius 1 is 1.36 bits per heavy atom. The Hall–Kier alpha value is -2.32. The van der Waals surface area contributed by atoms with Gasteiger partial charge in [0, 0.05) is 6.07 Å². The van der Waals surface area contributed by atoms with Crippen LogP contribution < -0.4 is 15.2 Å². The third kappa shape index (κ3) is 3.14. The maximum Gasteiger partial charge on any atom is 0.417 e. The lowest BCUT2D eigenvalue weighted by Gasteiger charge is -2.38. The molecular formula is C16H15F5N2O2. The van der Waals surface area contributed by atoms with Crippen molar-refractivity contribution in [1.82, 2.24) is 4.98 Å². The predicted octanol–water partition coefficient (Wildman–Crippen LogP) is 3.79. The first kappa shape index (κ1) is 17.5. The number of hydrogen-bond acceptors (Lipinski definition) is 3. The van der Waals surface area contributed by atoms with Gasteiger partial charge in [-0.3, -0.25) is 4.79 Å². The number of fused-ring (bicyclic) bond motifs is 3. The first-order chi connectivity index (χ1) is 11.7. The molecule has 136 valence electrons. The molecule has 0 radical (unpaired) electrons. The molecule has 1 atom stereocenters. The lowest BCUT2D eigenvalue weighted by atomic mass is 10.0. The number of pyridine rings is 1. The lowest BCUT2D eigenvalue weighted by molar-refractivity contribution is -0.136. The molecule has 0 saturated heterocycles. The number of nitrogens with zero attached hydrogens (tertiary/aromatic N) is 1. The number of ether oxygens (including phenoxy) is 1. The van der Waals surface area contributed by atoms with Gasteiger partial charge >= 0.3 is 6.18 Å². The smallest absolute Gasteiger partial charge is 0.417 e. The number of anilines is 1. The molecule has 4 nitrogen and oxygen atoms in total. The third-order valence-electron chi connectivity index (χ3n) is 4.22. The molecule has 0 bridgehead atoms. The standard InChI is InChI=1S/C16H15F5N2O2/c1-2-8-7-25-15-11(23(8)6-12(17)18)4-3-10-14(15)9(16(19,20)21)5-13(24)22-10/h3-5,8,12H,2,6-7H2,1H3,(H,22,24). The minimum absolute atomic E-state index is 0.00818. The lowest BCUT2D eigenvalue weighted by Crippen LogP contribution is -2.45. The average Bonchev–Trinajstić information content (AvgIpc) is 2.52. The van der Waals surface area contributed by atoms with E-state index in [2.05, 4.69) is 4.98 Å². The fourth-order valence-electron chi connectivity index (χ4n) is 3.11. The number of rotatable bonds is 3. The van der Waals surface area contributed by atoms with Gasteiger partial charge in [0.2, 0.25) is 5.56 Å². The summed E-state index contributed by atoms with van der Waals surface area (Å²) in [7, 11) is 0. The number of hydrogen-bond donors (Lipinski definition) is 1. The van der Waals surface area contributed by atoms with Gasteiger partial charge in [-0.2, -0.15) is 13.2 Å². The molecule has 1 aliphatic heterocycles. The van der Waals surface area contributed by atoms with Gasteiger partial charge < -0.3 is 14.6 Å². The molecule has 1 N–H and O–H groups in total. The molecule has 1 aromatic carbocycles. The first-order valence-corrected chi connectivity index (χ1v) is 7.67. The number of halogens is 5. The molecule has 9 heteroatoms. The minimum atomic E-state index is -4.78. The van der Waals surface area contributed by atoms with Crippen LogP contribution in [0.5, 0.6) is 5.75 Å². The highest BCUT2D eigenvalue weighted by Gasteiger charge is 2.37. The Labute approximate surface area is 139 Å². The van der Waals surface area contributed by atoms with Crippen LogP contribution in [0.1, 0.15) is 18.9 Å². The molecule has 1 aliphatic rings. The summed E-state index contributed by atoms with van der Waals surface area (Å²) in [6.07, 6.45) is -6.92.